The Morgan fingerprint density at radius 1 is 1.03 bits per heavy atom. The van der Waals surface area contributed by atoms with Crippen LogP contribution in [0.15, 0.2) is 53.1 Å². The monoisotopic (exact) mass is 469 g/mol. The van der Waals surface area contributed by atoms with Crippen LogP contribution in [-0.2, 0) is 4.79 Å². The first-order chi connectivity index (χ1) is 16.1. The van der Waals surface area contributed by atoms with Gasteiger partial charge in [0.15, 0.2) is 11.6 Å². The Kier molecular flexibility index (Phi) is 6.17. The number of rotatable bonds is 4. The molecule has 0 radical (unpaired) electrons. The number of benzene rings is 1. The van der Waals surface area contributed by atoms with E-state index in [0.717, 1.165) is 30.9 Å². The lowest BCUT2D eigenvalue weighted by atomic mass is 9.96. The molecule has 2 fully saturated rings. The van der Waals surface area contributed by atoms with Gasteiger partial charge < -0.3 is 19.1 Å². The molecule has 2 aromatic heterocycles. The summed E-state index contributed by atoms with van der Waals surface area (Å²) in [6.07, 6.45) is 3.42. The maximum atomic E-state index is 13.5. The summed E-state index contributed by atoms with van der Waals surface area (Å²) in [5, 5.41) is 8.77. The second-order valence-electron chi connectivity index (χ2n) is 8.45. The molecule has 33 heavy (non-hydrogen) atoms. The number of amides is 1. The Morgan fingerprint density at radius 2 is 1.88 bits per heavy atom. The van der Waals surface area contributed by atoms with Gasteiger partial charge in [-0.3, -0.25) is 4.79 Å². The molecule has 2 aliphatic rings. The van der Waals surface area contributed by atoms with Crippen LogP contribution >= 0.6 is 11.6 Å². The van der Waals surface area contributed by atoms with Gasteiger partial charge in [0.25, 0.3) is 0 Å². The Balaban J connectivity index is 1.18. The molecule has 7 nitrogen and oxygen atoms in total. The van der Waals surface area contributed by atoms with Crippen molar-refractivity contribution >= 4 is 29.0 Å². The number of piperidine rings is 1. The van der Waals surface area contributed by atoms with Crippen LogP contribution in [0.2, 0.25) is 5.02 Å². The van der Waals surface area contributed by atoms with Crippen LogP contribution in [0.1, 0.15) is 12.8 Å². The molecular formula is C24H25ClFN5O2. The van der Waals surface area contributed by atoms with Crippen LogP contribution in [-0.4, -0.2) is 60.3 Å². The quantitative estimate of drug-likeness (QED) is 0.573. The molecule has 2 aliphatic heterocycles. The summed E-state index contributed by atoms with van der Waals surface area (Å²) >= 11 is 5.93. The maximum Gasteiger partial charge on any atom is 0.227 e. The molecule has 3 aromatic rings. The fourth-order valence-electron chi connectivity index (χ4n) is 4.56. The molecular weight excluding hydrogens is 445 g/mol. The fourth-order valence-corrected chi connectivity index (χ4v) is 4.74. The van der Waals surface area contributed by atoms with Gasteiger partial charge in [-0.2, -0.15) is 0 Å². The van der Waals surface area contributed by atoms with Gasteiger partial charge in [0.1, 0.15) is 11.5 Å². The molecule has 0 N–H and O–H groups in total. The summed E-state index contributed by atoms with van der Waals surface area (Å²) in [7, 11) is 0. The lowest BCUT2D eigenvalue weighted by molar-refractivity contribution is -0.136. The zero-order valence-electron chi connectivity index (χ0n) is 18.2. The van der Waals surface area contributed by atoms with Crippen molar-refractivity contribution < 1.29 is 13.6 Å². The molecule has 4 heterocycles. The highest BCUT2D eigenvalue weighted by molar-refractivity contribution is 6.31. The zero-order chi connectivity index (χ0) is 22.8. The molecule has 1 aromatic carbocycles. The highest BCUT2D eigenvalue weighted by atomic mass is 35.5. The maximum absolute atomic E-state index is 13.5. The topological polar surface area (TPSA) is 65.7 Å². The SMILES string of the molecule is O=C(C1CCCN(c2ccc(-c3ccco3)nn2)C1)N1CCN(c2ccc(F)c(Cl)c2)CC1. The Bertz CT molecular complexity index is 1100. The number of furan rings is 1. The van der Waals surface area contributed by atoms with Crippen molar-refractivity contribution in [3.8, 4) is 11.5 Å². The number of halogens is 2. The molecule has 5 rings (SSSR count). The van der Waals surface area contributed by atoms with Crippen molar-refractivity contribution in [1.29, 1.82) is 0 Å². The second kappa shape index (κ2) is 9.39. The molecule has 1 atom stereocenters. The van der Waals surface area contributed by atoms with Crippen molar-refractivity contribution in [3.05, 3.63) is 59.6 Å². The van der Waals surface area contributed by atoms with E-state index in [2.05, 4.69) is 20.0 Å². The van der Waals surface area contributed by atoms with Gasteiger partial charge in [0.2, 0.25) is 5.91 Å². The van der Waals surface area contributed by atoms with Crippen LogP contribution in [0.25, 0.3) is 11.5 Å². The van der Waals surface area contributed by atoms with Crippen LogP contribution in [0.5, 0.6) is 0 Å². The molecule has 1 amide bonds. The van der Waals surface area contributed by atoms with Crippen molar-refractivity contribution in [1.82, 2.24) is 15.1 Å². The van der Waals surface area contributed by atoms with Gasteiger partial charge >= 0.3 is 0 Å². The molecule has 2 saturated heterocycles. The van der Waals surface area contributed by atoms with E-state index >= 15 is 0 Å². The third kappa shape index (κ3) is 4.66. The number of piperazine rings is 1. The normalized spacial score (nSPS) is 19.1. The first kappa shape index (κ1) is 21.7. The minimum atomic E-state index is -0.420. The number of carbonyl (C=O) groups excluding carboxylic acids is 1. The van der Waals surface area contributed by atoms with Crippen LogP contribution in [0.3, 0.4) is 0 Å². The molecule has 172 valence electrons. The summed E-state index contributed by atoms with van der Waals surface area (Å²) in [5.41, 5.74) is 1.57. The average Bonchev–Trinajstić information content (AvgIpc) is 3.41. The highest BCUT2D eigenvalue weighted by Crippen LogP contribution is 2.27. The summed E-state index contributed by atoms with van der Waals surface area (Å²) in [6, 6.07) is 12.3. The smallest absolute Gasteiger partial charge is 0.227 e. The van der Waals surface area contributed by atoms with Crippen molar-refractivity contribution in [3.63, 3.8) is 0 Å². The van der Waals surface area contributed by atoms with E-state index in [0.29, 0.717) is 44.2 Å². The molecule has 0 aliphatic carbocycles. The van der Waals surface area contributed by atoms with Gasteiger partial charge in [-0.05, 0) is 55.3 Å². The molecule has 0 spiro atoms. The van der Waals surface area contributed by atoms with E-state index in [4.69, 9.17) is 16.0 Å². The Hall–Kier alpha value is -3.13. The van der Waals surface area contributed by atoms with E-state index in [1.807, 2.05) is 29.2 Å². The Labute approximate surface area is 196 Å². The largest absolute Gasteiger partial charge is 0.463 e. The molecule has 9 heteroatoms. The number of hydrogen-bond acceptors (Lipinski definition) is 6. The van der Waals surface area contributed by atoms with E-state index < -0.39 is 5.82 Å². The van der Waals surface area contributed by atoms with Crippen molar-refractivity contribution in [2.45, 2.75) is 12.8 Å². The Morgan fingerprint density at radius 3 is 2.58 bits per heavy atom. The second-order valence-corrected chi connectivity index (χ2v) is 8.86. The van der Waals surface area contributed by atoms with Crippen molar-refractivity contribution in [2.24, 2.45) is 5.92 Å². The summed E-state index contributed by atoms with van der Waals surface area (Å²) in [6.45, 7) is 4.18. The van der Waals surface area contributed by atoms with Gasteiger partial charge in [-0.1, -0.05) is 11.6 Å². The zero-order valence-corrected chi connectivity index (χ0v) is 18.9. The van der Waals surface area contributed by atoms with E-state index in [1.54, 1.807) is 18.4 Å². The number of carbonyl (C=O) groups is 1. The van der Waals surface area contributed by atoms with Crippen LogP contribution < -0.4 is 9.80 Å². The minimum absolute atomic E-state index is 0.0582. The number of aromatic nitrogens is 2. The van der Waals surface area contributed by atoms with Gasteiger partial charge in [0.05, 0.1) is 17.2 Å². The first-order valence-corrected chi connectivity index (χ1v) is 11.6. The average molecular weight is 470 g/mol. The molecule has 0 saturated carbocycles. The predicted octanol–water partition coefficient (Wildman–Crippen LogP) is 4.09. The summed E-state index contributed by atoms with van der Waals surface area (Å²) in [5.74, 6) is 1.17. The van der Waals surface area contributed by atoms with E-state index in [-0.39, 0.29) is 16.8 Å². The number of nitrogens with zero attached hydrogens (tertiary/aromatic N) is 5. The third-order valence-electron chi connectivity index (χ3n) is 6.38. The summed E-state index contributed by atoms with van der Waals surface area (Å²) in [4.78, 5) is 19.5. The number of anilines is 2. The van der Waals surface area contributed by atoms with E-state index in [1.165, 1.54) is 6.07 Å². The van der Waals surface area contributed by atoms with Crippen molar-refractivity contribution in [2.75, 3.05) is 49.1 Å². The first-order valence-electron chi connectivity index (χ1n) is 11.2. The number of hydrogen-bond donors (Lipinski definition) is 0. The van der Waals surface area contributed by atoms with Gasteiger partial charge in [-0.25, -0.2) is 4.39 Å². The summed E-state index contributed by atoms with van der Waals surface area (Å²) < 4.78 is 18.8. The molecule has 0 bridgehead atoms. The lowest BCUT2D eigenvalue weighted by Crippen LogP contribution is -2.52. The predicted molar refractivity (Wildman–Crippen MR) is 125 cm³/mol. The van der Waals surface area contributed by atoms with Gasteiger partial charge in [0, 0.05) is 45.0 Å². The minimum Gasteiger partial charge on any atom is -0.463 e. The van der Waals surface area contributed by atoms with Crippen LogP contribution in [0, 0.1) is 11.7 Å². The standard InChI is InChI=1S/C24H25ClFN5O2/c25-19-15-18(5-6-20(19)26)29-10-12-30(13-11-29)24(32)17-3-1-9-31(16-17)23-8-7-21(27-28-23)22-4-2-14-33-22/h2,4-8,14-15,17H,1,3,9-13,16H2. The molecule has 1 unspecified atom stereocenters. The fraction of sp³-hybridized carbons (Fsp3) is 0.375. The van der Waals surface area contributed by atoms with Gasteiger partial charge in [-0.15, -0.1) is 10.2 Å². The van der Waals surface area contributed by atoms with Crippen LogP contribution in [0.4, 0.5) is 15.9 Å². The highest BCUT2D eigenvalue weighted by Gasteiger charge is 2.31. The van der Waals surface area contributed by atoms with E-state index in [9.17, 15) is 9.18 Å². The third-order valence-corrected chi connectivity index (χ3v) is 6.67. The lowest BCUT2D eigenvalue weighted by Gasteiger charge is -2.40.